The van der Waals surface area contributed by atoms with Crippen LogP contribution in [0, 0.1) is 0 Å². The average molecular weight is 311 g/mol. The maximum atomic E-state index is 12.7. The minimum atomic E-state index is -1.95. The van der Waals surface area contributed by atoms with Crippen LogP contribution < -0.4 is 9.47 Å². The summed E-state index contributed by atoms with van der Waals surface area (Å²) >= 11 is 0. The van der Waals surface area contributed by atoms with E-state index in [0.717, 1.165) is 49.0 Å². The molecule has 5 heteroatoms. The van der Waals surface area contributed by atoms with E-state index < -0.39 is 7.14 Å². The Morgan fingerprint density at radius 3 is 2.38 bits per heavy atom. The fourth-order valence-corrected chi connectivity index (χ4v) is 5.24. The third kappa shape index (κ3) is 3.81. The average Bonchev–Trinajstić information content (AvgIpc) is 2.50. The van der Waals surface area contributed by atoms with Crippen LogP contribution in [0.2, 0.25) is 0 Å². The van der Waals surface area contributed by atoms with Crippen LogP contribution in [0.15, 0.2) is 18.2 Å². The molecule has 0 aromatic heterocycles. The summed E-state index contributed by atoms with van der Waals surface area (Å²) in [5, 5.41) is 0. The molecule has 1 fully saturated rings. The Bertz CT molecular complexity index is 518. The standard InChI is InChI=1S/C16H26NO3P/c1-13(2)21(18)9-7-17(8-10-21)12-14-5-6-15(19-3)11-16(14)20-4/h5-6,11,13H,7-10,12H2,1-4H3. The van der Waals surface area contributed by atoms with E-state index in [-0.39, 0.29) is 0 Å². The predicted octanol–water partition coefficient (Wildman–Crippen LogP) is 3.29. The molecule has 1 saturated heterocycles. The van der Waals surface area contributed by atoms with Gasteiger partial charge in [-0.3, -0.25) is 4.90 Å². The molecule has 0 unspecified atom stereocenters. The highest BCUT2D eigenvalue weighted by Crippen LogP contribution is 2.51. The number of hydrogen-bond donors (Lipinski definition) is 0. The molecule has 1 aromatic carbocycles. The van der Waals surface area contributed by atoms with Crippen LogP contribution in [0.5, 0.6) is 11.5 Å². The van der Waals surface area contributed by atoms with E-state index in [2.05, 4.69) is 18.7 Å². The molecule has 0 bridgehead atoms. The van der Waals surface area contributed by atoms with Crippen molar-refractivity contribution < 1.29 is 14.0 Å². The van der Waals surface area contributed by atoms with Gasteiger partial charge in [0.15, 0.2) is 0 Å². The van der Waals surface area contributed by atoms with Crippen molar-refractivity contribution >= 4 is 7.14 Å². The zero-order valence-electron chi connectivity index (χ0n) is 13.5. The van der Waals surface area contributed by atoms with Gasteiger partial charge in [0.1, 0.15) is 11.5 Å². The first-order valence-electron chi connectivity index (χ1n) is 7.49. The summed E-state index contributed by atoms with van der Waals surface area (Å²) in [5.41, 5.74) is 1.47. The minimum Gasteiger partial charge on any atom is -0.497 e. The molecular weight excluding hydrogens is 285 g/mol. The lowest BCUT2D eigenvalue weighted by Crippen LogP contribution is -2.35. The summed E-state index contributed by atoms with van der Waals surface area (Å²) in [6.07, 6.45) is 1.67. The summed E-state index contributed by atoms with van der Waals surface area (Å²) in [5.74, 6) is 1.66. The van der Waals surface area contributed by atoms with Crippen LogP contribution >= 0.6 is 7.14 Å². The van der Waals surface area contributed by atoms with Crippen LogP contribution in [0.4, 0.5) is 0 Å². The molecule has 1 heterocycles. The summed E-state index contributed by atoms with van der Waals surface area (Å²) < 4.78 is 23.3. The van der Waals surface area contributed by atoms with E-state index in [9.17, 15) is 4.57 Å². The molecule has 0 atom stereocenters. The van der Waals surface area contributed by atoms with Crippen LogP contribution in [0.25, 0.3) is 0 Å². The van der Waals surface area contributed by atoms with Gasteiger partial charge in [-0.1, -0.05) is 19.9 Å². The van der Waals surface area contributed by atoms with E-state index in [1.807, 2.05) is 18.2 Å². The van der Waals surface area contributed by atoms with E-state index >= 15 is 0 Å². The van der Waals surface area contributed by atoms with Gasteiger partial charge in [0.25, 0.3) is 0 Å². The molecular formula is C16H26NO3P. The van der Waals surface area contributed by atoms with Gasteiger partial charge in [-0.2, -0.15) is 0 Å². The lowest BCUT2D eigenvalue weighted by atomic mass is 10.1. The molecule has 1 aliphatic heterocycles. The largest absolute Gasteiger partial charge is 0.497 e. The summed E-state index contributed by atoms with van der Waals surface area (Å²) in [7, 11) is 1.39. The van der Waals surface area contributed by atoms with Crippen LogP contribution in [-0.2, 0) is 11.1 Å². The molecule has 1 aliphatic rings. The van der Waals surface area contributed by atoms with Gasteiger partial charge in [0.05, 0.1) is 21.4 Å². The highest BCUT2D eigenvalue weighted by molar-refractivity contribution is 7.64. The number of methoxy groups -OCH3 is 2. The van der Waals surface area contributed by atoms with Gasteiger partial charge < -0.3 is 14.0 Å². The molecule has 1 aromatic rings. The molecule has 118 valence electrons. The second kappa shape index (κ2) is 6.85. The highest BCUT2D eigenvalue weighted by Gasteiger charge is 2.31. The molecule has 0 aliphatic carbocycles. The van der Waals surface area contributed by atoms with Crippen LogP contribution in [0.3, 0.4) is 0 Å². The van der Waals surface area contributed by atoms with Gasteiger partial charge in [0, 0.05) is 49.2 Å². The van der Waals surface area contributed by atoms with Crippen molar-refractivity contribution in [3.63, 3.8) is 0 Å². The molecule has 2 rings (SSSR count). The summed E-state index contributed by atoms with van der Waals surface area (Å²) in [4.78, 5) is 2.36. The first kappa shape index (κ1) is 16.4. The van der Waals surface area contributed by atoms with E-state index in [1.165, 1.54) is 0 Å². The predicted molar refractivity (Wildman–Crippen MR) is 87.3 cm³/mol. The summed E-state index contributed by atoms with van der Waals surface area (Å²) in [6.45, 7) is 6.83. The second-order valence-corrected chi connectivity index (χ2v) is 9.78. The van der Waals surface area contributed by atoms with Crippen molar-refractivity contribution in [2.45, 2.75) is 26.1 Å². The van der Waals surface area contributed by atoms with Crippen LogP contribution in [0.1, 0.15) is 19.4 Å². The molecule has 0 saturated carbocycles. The number of nitrogens with zero attached hydrogens (tertiary/aromatic N) is 1. The lowest BCUT2D eigenvalue weighted by Gasteiger charge is -2.34. The maximum absolute atomic E-state index is 12.7. The van der Waals surface area contributed by atoms with Crippen LogP contribution in [-0.4, -0.2) is 50.2 Å². The van der Waals surface area contributed by atoms with Crippen molar-refractivity contribution in [2.24, 2.45) is 0 Å². The molecule has 21 heavy (non-hydrogen) atoms. The fourth-order valence-electron chi connectivity index (χ4n) is 2.74. The van der Waals surface area contributed by atoms with Crippen molar-refractivity contribution in [3.8, 4) is 11.5 Å². The van der Waals surface area contributed by atoms with E-state index in [4.69, 9.17) is 9.47 Å². The van der Waals surface area contributed by atoms with Gasteiger partial charge >= 0.3 is 0 Å². The molecule has 0 spiro atoms. The van der Waals surface area contributed by atoms with E-state index in [1.54, 1.807) is 14.2 Å². The van der Waals surface area contributed by atoms with Crippen molar-refractivity contribution in [3.05, 3.63) is 23.8 Å². The Hall–Kier alpha value is -0.990. The number of rotatable bonds is 5. The number of ether oxygens (including phenoxy) is 2. The SMILES string of the molecule is COc1ccc(CN2CCP(=O)(C(C)C)CC2)c(OC)c1. The molecule has 4 nitrogen and oxygen atoms in total. The van der Waals surface area contributed by atoms with Crippen molar-refractivity contribution in [1.29, 1.82) is 0 Å². The third-order valence-corrected chi connectivity index (χ3v) is 8.21. The lowest BCUT2D eigenvalue weighted by molar-refractivity contribution is 0.280. The zero-order valence-corrected chi connectivity index (χ0v) is 14.4. The number of hydrogen-bond acceptors (Lipinski definition) is 4. The molecule has 0 amide bonds. The zero-order chi connectivity index (χ0) is 15.5. The first-order chi connectivity index (χ1) is 9.98. The maximum Gasteiger partial charge on any atom is 0.127 e. The van der Waals surface area contributed by atoms with Gasteiger partial charge in [0.2, 0.25) is 0 Å². The smallest absolute Gasteiger partial charge is 0.127 e. The van der Waals surface area contributed by atoms with Gasteiger partial charge in [-0.05, 0) is 6.07 Å². The Morgan fingerprint density at radius 1 is 1.19 bits per heavy atom. The Labute approximate surface area is 127 Å². The normalized spacial score (nSPS) is 18.7. The minimum absolute atomic E-state index is 0.315. The molecule has 0 radical (unpaired) electrons. The topological polar surface area (TPSA) is 38.8 Å². The monoisotopic (exact) mass is 311 g/mol. The quantitative estimate of drug-likeness (QED) is 0.782. The highest BCUT2D eigenvalue weighted by atomic mass is 31.2. The Morgan fingerprint density at radius 2 is 1.86 bits per heavy atom. The van der Waals surface area contributed by atoms with Gasteiger partial charge in [-0.25, -0.2) is 0 Å². The van der Waals surface area contributed by atoms with Crippen molar-refractivity contribution in [1.82, 2.24) is 4.90 Å². The Kier molecular flexibility index (Phi) is 5.34. The third-order valence-electron chi connectivity index (χ3n) is 4.42. The first-order valence-corrected chi connectivity index (χ1v) is 9.64. The number of benzene rings is 1. The van der Waals surface area contributed by atoms with Gasteiger partial charge in [-0.15, -0.1) is 0 Å². The molecule has 0 N–H and O–H groups in total. The fraction of sp³-hybridized carbons (Fsp3) is 0.625. The second-order valence-electron chi connectivity index (χ2n) is 5.95. The Balaban J connectivity index is 2.02. The summed E-state index contributed by atoms with van der Waals surface area (Å²) in [6, 6.07) is 5.92. The van der Waals surface area contributed by atoms with Crippen molar-refractivity contribution in [2.75, 3.05) is 39.6 Å². The van der Waals surface area contributed by atoms with E-state index in [0.29, 0.717) is 5.66 Å².